The molecule has 0 saturated heterocycles. The second-order valence-electron chi connectivity index (χ2n) is 11.0. The second kappa shape index (κ2) is 9.90. The molecule has 3 fully saturated rings. The van der Waals surface area contributed by atoms with Crippen LogP contribution in [0.3, 0.4) is 0 Å². The van der Waals surface area contributed by atoms with E-state index in [9.17, 15) is 15.3 Å². The molecular formula is C25H42N4O3. The Bertz CT molecular complexity index is 741. The van der Waals surface area contributed by atoms with E-state index in [2.05, 4.69) is 17.5 Å². The summed E-state index contributed by atoms with van der Waals surface area (Å²) >= 11 is 0. The second-order valence-corrected chi connectivity index (χ2v) is 11.0. The summed E-state index contributed by atoms with van der Waals surface area (Å²) in [5.41, 5.74) is 4.96. The van der Waals surface area contributed by atoms with Crippen LogP contribution < -0.4 is 5.43 Å². The van der Waals surface area contributed by atoms with E-state index in [1.807, 2.05) is 6.92 Å². The van der Waals surface area contributed by atoms with Gasteiger partial charge in [0.15, 0.2) is 5.78 Å². The van der Waals surface area contributed by atoms with Gasteiger partial charge in [-0.15, -0.1) is 0 Å². The van der Waals surface area contributed by atoms with Crippen LogP contribution in [0.1, 0.15) is 71.6 Å². The molecule has 7 heteroatoms. The molecule has 0 aromatic rings. The summed E-state index contributed by atoms with van der Waals surface area (Å²) in [6.07, 6.45) is 8.05. The Morgan fingerprint density at radius 1 is 1.28 bits per heavy atom. The molecule has 180 valence electrons. The number of ether oxygens (including phenoxy) is 1. The van der Waals surface area contributed by atoms with Gasteiger partial charge in [0.25, 0.3) is 0 Å². The van der Waals surface area contributed by atoms with Gasteiger partial charge < -0.3 is 15.3 Å². The van der Waals surface area contributed by atoms with Crippen LogP contribution in [0.2, 0.25) is 0 Å². The number of hydrazine groups is 1. The van der Waals surface area contributed by atoms with Crippen molar-refractivity contribution >= 4 is 17.2 Å². The number of methoxy groups -OCH3 is 1. The fourth-order valence-electron chi connectivity index (χ4n) is 7.37. The van der Waals surface area contributed by atoms with Crippen molar-refractivity contribution in [3.8, 4) is 0 Å². The first-order valence-corrected chi connectivity index (χ1v) is 12.7. The number of fused-ring (bicyclic) bond motifs is 3. The lowest BCUT2D eigenvalue weighted by atomic mass is 9.48. The molecule has 0 amide bonds. The molecule has 1 aliphatic heterocycles. The van der Waals surface area contributed by atoms with Crippen LogP contribution in [-0.2, 0) is 9.53 Å². The summed E-state index contributed by atoms with van der Waals surface area (Å²) in [4.78, 5) is 13.1. The summed E-state index contributed by atoms with van der Waals surface area (Å²) in [5.74, 6) is 1.85. The van der Waals surface area contributed by atoms with Gasteiger partial charge in [0, 0.05) is 30.1 Å². The topological polar surface area (TPSA) is 98.0 Å². The van der Waals surface area contributed by atoms with Crippen LogP contribution in [0, 0.1) is 40.4 Å². The number of nitrogens with zero attached hydrogens (tertiary/aromatic N) is 2. The SMILES string of the molecule is COC[C@]12CC[C@@H](O)C[C@@H]1CC[C@@H]1C2C(=N)CC[C@@H](C(=O)CN2N=C(C)CN2)CC[C@@H]1C. The lowest BCUT2D eigenvalue weighted by Crippen LogP contribution is -2.55. The maximum atomic E-state index is 13.1. The number of aliphatic hydroxyl groups excluding tert-OH is 1. The van der Waals surface area contributed by atoms with Crippen LogP contribution >= 0.6 is 0 Å². The first-order valence-electron chi connectivity index (χ1n) is 12.7. The summed E-state index contributed by atoms with van der Waals surface area (Å²) in [6.45, 7) is 6.01. The number of hydrogen-bond donors (Lipinski definition) is 3. The zero-order valence-corrected chi connectivity index (χ0v) is 20.1. The van der Waals surface area contributed by atoms with Crippen molar-refractivity contribution in [1.29, 1.82) is 5.41 Å². The Kier molecular flexibility index (Phi) is 7.37. The maximum Gasteiger partial charge on any atom is 0.158 e. The highest BCUT2D eigenvalue weighted by Crippen LogP contribution is 2.58. The first-order chi connectivity index (χ1) is 15.3. The van der Waals surface area contributed by atoms with Crippen molar-refractivity contribution in [2.45, 2.75) is 77.7 Å². The zero-order chi connectivity index (χ0) is 22.9. The number of ketones is 1. The van der Waals surface area contributed by atoms with Crippen LogP contribution in [0.15, 0.2) is 5.10 Å². The number of hydrogen-bond acceptors (Lipinski definition) is 7. The van der Waals surface area contributed by atoms with E-state index in [1.54, 1.807) is 12.2 Å². The fourth-order valence-corrected chi connectivity index (χ4v) is 7.37. The fraction of sp³-hybridized carbons (Fsp3) is 0.880. The molecule has 3 aliphatic carbocycles. The molecule has 3 saturated carbocycles. The van der Waals surface area contributed by atoms with E-state index in [-0.39, 0.29) is 29.1 Å². The minimum absolute atomic E-state index is 0.00166. The van der Waals surface area contributed by atoms with Crippen LogP contribution in [0.25, 0.3) is 0 Å². The normalized spacial score (nSPS) is 40.6. The van der Waals surface area contributed by atoms with Crippen molar-refractivity contribution in [3.63, 3.8) is 0 Å². The number of hydrazone groups is 1. The van der Waals surface area contributed by atoms with Crippen molar-refractivity contribution in [2.24, 2.45) is 40.1 Å². The Hall–Kier alpha value is -1.31. The Balaban J connectivity index is 1.53. The van der Waals surface area contributed by atoms with E-state index in [1.165, 1.54) is 0 Å². The number of nitrogens with one attached hydrogen (secondary N) is 2. The molecule has 0 aromatic heterocycles. The molecule has 4 rings (SSSR count). The van der Waals surface area contributed by atoms with E-state index < -0.39 is 0 Å². The molecule has 0 bridgehead atoms. The van der Waals surface area contributed by atoms with E-state index in [4.69, 9.17) is 4.74 Å². The molecule has 0 spiro atoms. The van der Waals surface area contributed by atoms with Gasteiger partial charge in [-0.3, -0.25) is 4.79 Å². The minimum atomic E-state index is -0.211. The molecule has 3 N–H and O–H groups in total. The van der Waals surface area contributed by atoms with Gasteiger partial charge >= 0.3 is 0 Å². The summed E-state index contributed by atoms with van der Waals surface area (Å²) < 4.78 is 5.80. The van der Waals surface area contributed by atoms with Gasteiger partial charge in [-0.1, -0.05) is 6.92 Å². The molecule has 0 aromatic carbocycles. The third kappa shape index (κ3) is 4.66. The van der Waals surface area contributed by atoms with Gasteiger partial charge in [-0.25, -0.2) is 10.5 Å². The largest absolute Gasteiger partial charge is 0.393 e. The van der Waals surface area contributed by atoms with Gasteiger partial charge in [-0.2, -0.15) is 5.10 Å². The molecule has 1 heterocycles. The Labute approximate surface area is 192 Å². The number of carbonyl (C=O) groups excluding carboxylic acids is 1. The molecular weight excluding hydrogens is 404 g/mol. The average molecular weight is 447 g/mol. The quantitative estimate of drug-likeness (QED) is 0.601. The summed E-state index contributed by atoms with van der Waals surface area (Å²) in [6, 6.07) is 0. The third-order valence-electron chi connectivity index (χ3n) is 9.03. The zero-order valence-electron chi connectivity index (χ0n) is 20.1. The molecule has 0 radical (unpaired) electrons. The third-order valence-corrected chi connectivity index (χ3v) is 9.03. The minimum Gasteiger partial charge on any atom is -0.393 e. The first kappa shape index (κ1) is 23.8. The number of carbonyl (C=O) groups is 1. The maximum absolute atomic E-state index is 13.1. The van der Waals surface area contributed by atoms with Crippen LogP contribution in [-0.4, -0.2) is 60.3 Å². The van der Waals surface area contributed by atoms with Crippen molar-refractivity contribution in [2.75, 3.05) is 26.8 Å². The van der Waals surface area contributed by atoms with Crippen LogP contribution in [0.5, 0.6) is 0 Å². The predicted molar refractivity (Wildman–Crippen MR) is 126 cm³/mol. The van der Waals surface area contributed by atoms with E-state index in [0.717, 1.165) is 62.8 Å². The number of Topliss-reactive ketones (excluding diaryl/α,β-unsaturated/α-hetero) is 1. The summed E-state index contributed by atoms with van der Waals surface area (Å²) in [7, 11) is 1.79. The average Bonchev–Trinajstić information content (AvgIpc) is 3.18. The Morgan fingerprint density at radius 2 is 2.09 bits per heavy atom. The van der Waals surface area contributed by atoms with E-state index >= 15 is 0 Å². The van der Waals surface area contributed by atoms with Gasteiger partial charge in [0.2, 0.25) is 0 Å². The molecule has 7 nitrogen and oxygen atoms in total. The van der Waals surface area contributed by atoms with Crippen LogP contribution in [0.4, 0.5) is 0 Å². The number of rotatable bonds is 5. The van der Waals surface area contributed by atoms with Crippen molar-refractivity contribution in [1.82, 2.24) is 10.5 Å². The van der Waals surface area contributed by atoms with E-state index in [0.29, 0.717) is 43.9 Å². The highest BCUT2D eigenvalue weighted by atomic mass is 16.5. The van der Waals surface area contributed by atoms with Gasteiger partial charge in [-0.05, 0) is 82.5 Å². The van der Waals surface area contributed by atoms with Gasteiger partial charge in [0.1, 0.15) is 6.54 Å². The standard InChI is InChI=1S/C25H42N4O3/c1-16-4-5-18(23(31)14-29-27-13-17(2)28-29)6-9-22(26)24-21(16)8-7-19-12-20(30)10-11-25(19,24)15-32-3/h16,18-21,24,26-27,30H,4-15H2,1-3H3/t16-,18-,19-,20+,21-,24?,25+/m0/s1. The molecule has 4 aliphatic rings. The van der Waals surface area contributed by atoms with Crippen molar-refractivity contribution < 1.29 is 14.6 Å². The Morgan fingerprint density at radius 3 is 2.81 bits per heavy atom. The molecule has 32 heavy (non-hydrogen) atoms. The predicted octanol–water partition coefficient (Wildman–Crippen LogP) is 3.42. The lowest BCUT2D eigenvalue weighted by Gasteiger charge is -2.57. The highest BCUT2D eigenvalue weighted by Gasteiger charge is 2.55. The smallest absolute Gasteiger partial charge is 0.158 e. The molecule has 1 unspecified atom stereocenters. The van der Waals surface area contributed by atoms with Gasteiger partial charge in [0.05, 0.1) is 25.0 Å². The lowest BCUT2D eigenvalue weighted by molar-refractivity contribution is -0.125. The number of aliphatic hydroxyl groups is 1. The summed E-state index contributed by atoms with van der Waals surface area (Å²) in [5, 5.41) is 25.7. The van der Waals surface area contributed by atoms with Crippen molar-refractivity contribution in [3.05, 3.63) is 0 Å². The highest BCUT2D eigenvalue weighted by molar-refractivity contribution is 5.88. The monoisotopic (exact) mass is 446 g/mol. The molecule has 7 atom stereocenters.